The van der Waals surface area contributed by atoms with Crippen LogP contribution in [0.4, 0.5) is 0 Å². The van der Waals surface area contributed by atoms with Gasteiger partial charge in [-0.1, -0.05) is 60.7 Å². The van der Waals surface area contributed by atoms with Crippen molar-refractivity contribution in [3.8, 4) is 0 Å². The zero-order chi connectivity index (χ0) is 23.8. The lowest BCUT2D eigenvalue weighted by Crippen LogP contribution is -2.18. The molecule has 1 unspecified atom stereocenters. The predicted molar refractivity (Wildman–Crippen MR) is 145 cm³/mol. The highest BCUT2D eigenvalue weighted by atomic mass is 31.2. The van der Waals surface area contributed by atoms with Gasteiger partial charge >= 0.3 is 12.9 Å². The summed E-state index contributed by atoms with van der Waals surface area (Å²) in [6.45, 7) is 14.2. The third-order valence-electron chi connectivity index (χ3n) is 3.00. The molecule has 0 bridgehead atoms. The third-order valence-corrected chi connectivity index (χ3v) is 5.63. The third kappa shape index (κ3) is 35.1. The fourth-order valence-electron chi connectivity index (χ4n) is 2.26. The second-order valence-corrected chi connectivity index (χ2v) is 19.1. The monoisotopic (exact) mass is 532 g/mol. The van der Waals surface area contributed by atoms with Crippen LogP contribution in [0.15, 0.2) is 60.7 Å². The van der Waals surface area contributed by atoms with E-state index in [9.17, 15) is 0 Å². The highest BCUT2D eigenvalue weighted by Crippen LogP contribution is 2.50. The Morgan fingerprint density at radius 1 is 0.645 bits per heavy atom. The lowest BCUT2D eigenvalue weighted by Gasteiger charge is -2.39. The van der Waals surface area contributed by atoms with E-state index >= 15 is 0 Å². The molecule has 0 aromatic heterocycles. The summed E-state index contributed by atoms with van der Waals surface area (Å²) in [6.07, 6.45) is 2.54. The molecule has 2 rings (SSSR count). The summed E-state index contributed by atoms with van der Waals surface area (Å²) in [4.78, 5) is 47.1. The minimum atomic E-state index is -3.37. The molecule has 0 aliphatic carbocycles. The molecule has 0 saturated heterocycles. The Morgan fingerprint density at radius 2 is 0.839 bits per heavy atom. The van der Waals surface area contributed by atoms with E-state index in [-0.39, 0.29) is 14.2 Å². The van der Waals surface area contributed by atoms with E-state index in [1.54, 1.807) is 0 Å². The van der Waals surface area contributed by atoms with Gasteiger partial charge in [0.1, 0.15) is 0 Å². The van der Waals surface area contributed by atoms with Gasteiger partial charge in [-0.15, -0.1) is 0 Å². The molecule has 0 aliphatic heterocycles. The van der Waals surface area contributed by atoms with E-state index in [1.165, 1.54) is 23.5 Å². The second kappa shape index (κ2) is 19.8. The van der Waals surface area contributed by atoms with Gasteiger partial charge in [-0.05, 0) is 11.1 Å². The Labute approximate surface area is 199 Å². The first-order valence-corrected chi connectivity index (χ1v) is 17.9. The Morgan fingerprint density at radius 3 is 1.00 bits per heavy atom. The molecule has 0 radical (unpaired) electrons. The average molecular weight is 532 g/mol. The minimum Gasteiger partial charge on any atom is -0.854 e. The Kier molecular flexibility index (Phi) is 22.9. The summed E-state index contributed by atoms with van der Waals surface area (Å²) in [5, 5.41) is 0. The number of benzene rings is 2. The van der Waals surface area contributed by atoms with Crippen molar-refractivity contribution in [1.82, 2.24) is 0 Å². The van der Waals surface area contributed by atoms with Crippen LogP contribution in [0, 0.1) is 0 Å². The molecule has 0 saturated carbocycles. The molecule has 0 aliphatic rings. The molecule has 31 heavy (non-hydrogen) atoms. The van der Waals surface area contributed by atoms with Gasteiger partial charge in [0.25, 0.3) is 0 Å². The Hall–Kier alpha value is 0.350. The summed E-state index contributed by atoms with van der Waals surface area (Å²) in [5.41, 5.74) is 2.96. The molecule has 1 atom stereocenters. The van der Waals surface area contributed by atoms with Crippen molar-refractivity contribution in [2.24, 2.45) is 0 Å². The van der Waals surface area contributed by atoms with Crippen molar-refractivity contribution in [2.75, 3.05) is 40.0 Å². The van der Waals surface area contributed by atoms with Crippen molar-refractivity contribution >= 4 is 41.6 Å². The molecule has 2 aromatic carbocycles. The van der Waals surface area contributed by atoms with Gasteiger partial charge in [-0.3, -0.25) is 0 Å². The maximum absolute atomic E-state index is 8.48. The van der Waals surface area contributed by atoms with Gasteiger partial charge in [-0.25, -0.2) is 0 Å². The smallest absolute Gasteiger partial charge is 0.854 e. The van der Waals surface area contributed by atoms with Crippen LogP contribution < -0.4 is 14.7 Å². The van der Waals surface area contributed by atoms with Gasteiger partial charge in [0.2, 0.25) is 0 Å². The molecule has 2 aromatic rings. The summed E-state index contributed by atoms with van der Waals surface area (Å²) in [7, 11) is -7.27. The van der Waals surface area contributed by atoms with E-state index in [2.05, 4.69) is 101 Å². The van der Waals surface area contributed by atoms with E-state index in [4.69, 9.17) is 29.4 Å². The maximum atomic E-state index is 8.48. The Bertz CT molecular complexity index is 584. The number of hydrogen-bond acceptors (Lipinski definition) is 6. The van der Waals surface area contributed by atoms with Crippen LogP contribution in [-0.2, 0) is 12.3 Å². The molecule has 0 spiro atoms. The van der Waals surface area contributed by atoms with E-state index < -0.39 is 31.7 Å². The first-order valence-electron chi connectivity index (χ1n) is 8.99. The highest BCUT2D eigenvalue weighted by Gasteiger charge is 2.17. The van der Waals surface area contributed by atoms with Crippen LogP contribution in [-0.4, -0.2) is 54.7 Å². The number of hydrogen-bond donors (Lipinski definition) is 3. The number of rotatable bonds is 4. The first kappa shape index (κ1) is 35.9. The van der Waals surface area contributed by atoms with Crippen molar-refractivity contribution in [3.05, 3.63) is 71.8 Å². The molecule has 0 heterocycles. The van der Waals surface area contributed by atoms with Crippen molar-refractivity contribution in [2.45, 2.75) is 12.3 Å². The molecule has 0 amide bonds. The molecular formula is C20H41O6P5+2. The van der Waals surface area contributed by atoms with Crippen LogP contribution in [0.2, 0.25) is 0 Å². The van der Waals surface area contributed by atoms with Crippen molar-refractivity contribution in [1.29, 1.82) is 0 Å². The minimum absolute atomic E-state index is 0. The van der Waals surface area contributed by atoms with Gasteiger partial charge in [-0.2, -0.15) is 9.90 Å². The standard InChI is InChI=1S/2C10H16P.H3O3P.O3P.H3P/c2*1-11(2,3)9-10-7-5-4-6-8-10;2*1-4(2)3;/h2*4-8H,9H2,1-3H3;1-3H;;1H3/q2*+1;;-3;/p+3. The van der Waals surface area contributed by atoms with Crippen LogP contribution in [0.25, 0.3) is 0 Å². The molecule has 11 heteroatoms. The summed E-state index contributed by atoms with van der Waals surface area (Å²) < 4.78 is 0. The summed E-state index contributed by atoms with van der Waals surface area (Å²) in [6, 6.07) is 21.5. The van der Waals surface area contributed by atoms with E-state index in [0.717, 1.165) is 0 Å². The van der Waals surface area contributed by atoms with Crippen molar-refractivity contribution < 1.29 is 33.6 Å². The van der Waals surface area contributed by atoms with Crippen LogP contribution >= 0.6 is 41.6 Å². The second-order valence-electron chi connectivity index (χ2n) is 8.36. The molecule has 3 N–H and O–H groups in total. The maximum Gasteiger partial charge on any atom is 1.00 e. The fraction of sp³-hybridized carbons (Fsp3) is 0.400. The lowest BCUT2D eigenvalue weighted by atomic mass is 10.2. The van der Waals surface area contributed by atoms with Crippen LogP contribution in [0.3, 0.4) is 0 Å². The zero-order valence-corrected chi connectivity index (χ0v) is 24.2. The van der Waals surface area contributed by atoms with E-state index in [0.29, 0.717) is 0 Å². The average Bonchev–Trinajstić information content (AvgIpc) is 2.53. The van der Waals surface area contributed by atoms with Gasteiger partial charge in [0.05, 0.1) is 12.3 Å². The molecule has 6 nitrogen and oxygen atoms in total. The normalized spacial score (nSPS) is 10.5. The van der Waals surface area contributed by atoms with Crippen LogP contribution in [0.1, 0.15) is 15.4 Å². The summed E-state index contributed by atoms with van der Waals surface area (Å²) >= 11 is 0. The van der Waals surface area contributed by atoms with Gasteiger partial charge in [0.15, 0.2) is 0 Å². The molecular weight excluding hydrogens is 491 g/mol. The van der Waals surface area contributed by atoms with Gasteiger partial charge < -0.3 is 38.0 Å². The summed E-state index contributed by atoms with van der Waals surface area (Å²) in [5.74, 6) is 0. The predicted octanol–water partition coefficient (Wildman–Crippen LogP) is 3.07. The first-order chi connectivity index (χ1) is 13.6. The lowest BCUT2D eigenvalue weighted by molar-refractivity contribution is -0.407. The quantitative estimate of drug-likeness (QED) is 0.519. The fourth-order valence-corrected chi connectivity index (χ4v) is 4.87. The topological polar surface area (TPSA) is 130 Å². The Balaban J connectivity index is -0.0000000810. The van der Waals surface area contributed by atoms with Crippen LogP contribution in [0.5, 0.6) is 0 Å². The molecule has 0 fully saturated rings. The largest absolute Gasteiger partial charge is 1.00 e. The van der Waals surface area contributed by atoms with Crippen molar-refractivity contribution in [3.63, 3.8) is 0 Å². The SMILES string of the molecule is C[P+](C)(C)Cc1ccccc1.C[P+](C)(C)Cc1ccccc1.OP(O)O.P.[H+].[H+].[H+].[O-]P([O-])[O-]. The van der Waals surface area contributed by atoms with E-state index in [1.807, 2.05) is 0 Å². The highest BCUT2D eigenvalue weighted by molar-refractivity contribution is 7.73. The molecule has 180 valence electrons. The zero-order valence-electron chi connectivity index (χ0n) is 22.3. The van der Waals surface area contributed by atoms with Gasteiger partial charge in [0, 0.05) is 54.5 Å².